The number of rotatable bonds is 5. The molecule has 0 aliphatic heterocycles. The fourth-order valence-corrected chi connectivity index (χ4v) is 3.09. The van der Waals surface area contributed by atoms with E-state index < -0.39 is 12.1 Å². The van der Waals surface area contributed by atoms with E-state index in [0.717, 1.165) is 10.9 Å². The Morgan fingerprint density at radius 1 is 0.857 bits per heavy atom. The van der Waals surface area contributed by atoms with Crippen molar-refractivity contribution in [2.75, 3.05) is 0 Å². The number of hydrogen-bond acceptors (Lipinski definition) is 4. The van der Waals surface area contributed by atoms with Gasteiger partial charge in [-0.1, -0.05) is 48.5 Å². The Morgan fingerprint density at radius 2 is 1.54 bits per heavy atom. The molecule has 1 atom stereocenters. The van der Waals surface area contributed by atoms with Crippen LogP contribution in [0.1, 0.15) is 32.4 Å². The topological polar surface area (TPSA) is 79.4 Å². The summed E-state index contributed by atoms with van der Waals surface area (Å²) in [6, 6.07) is 22.1. The third kappa shape index (κ3) is 3.38. The summed E-state index contributed by atoms with van der Waals surface area (Å²) < 4.78 is 5.61. The van der Waals surface area contributed by atoms with Crippen LogP contribution in [-0.2, 0) is 4.74 Å². The van der Waals surface area contributed by atoms with Crippen molar-refractivity contribution in [2.24, 2.45) is 0 Å². The summed E-state index contributed by atoms with van der Waals surface area (Å²) in [5.74, 6) is -0.899. The normalized spacial score (nSPS) is 11.9. The van der Waals surface area contributed by atoms with E-state index in [2.05, 4.69) is 4.98 Å². The maximum Gasteiger partial charge on any atom is 0.339 e. The van der Waals surface area contributed by atoms with Crippen molar-refractivity contribution in [3.05, 3.63) is 102 Å². The predicted octanol–water partition coefficient (Wildman–Crippen LogP) is 4.65. The molecule has 0 amide bonds. The van der Waals surface area contributed by atoms with Crippen molar-refractivity contribution in [1.82, 2.24) is 4.98 Å². The lowest BCUT2D eigenvalue weighted by Crippen LogP contribution is -2.20. The zero-order valence-electron chi connectivity index (χ0n) is 14.8. The van der Waals surface area contributed by atoms with Crippen LogP contribution in [0.15, 0.2) is 85.1 Å². The molecule has 1 unspecified atom stereocenters. The highest BCUT2D eigenvalue weighted by Crippen LogP contribution is 2.28. The Balaban J connectivity index is 1.70. The SMILES string of the molecule is O=C(OC(C(=O)c1c[nH]c2ccccc12)c1ccccc1)c1ccc(O)cc1. The Labute approximate surface area is 161 Å². The number of hydrogen-bond donors (Lipinski definition) is 2. The van der Waals surface area contributed by atoms with Gasteiger partial charge in [-0.05, 0) is 30.3 Å². The van der Waals surface area contributed by atoms with E-state index in [4.69, 9.17) is 4.74 Å². The van der Waals surface area contributed by atoms with Crippen molar-refractivity contribution in [2.45, 2.75) is 6.10 Å². The average molecular weight is 371 g/mol. The highest BCUT2D eigenvalue weighted by atomic mass is 16.5. The number of aromatic amines is 1. The van der Waals surface area contributed by atoms with Crippen LogP contribution in [0.3, 0.4) is 0 Å². The minimum Gasteiger partial charge on any atom is -0.508 e. The van der Waals surface area contributed by atoms with Crippen molar-refractivity contribution in [3.63, 3.8) is 0 Å². The lowest BCUT2D eigenvalue weighted by molar-refractivity contribution is 0.0280. The molecule has 28 heavy (non-hydrogen) atoms. The number of Topliss-reactive ketones (excluding diaryl/α,β-unsaturated/α-hetero) is 1. The summed E-state index contributed by atoms with van der Waals surface area (Å²) in [4.78, 5) is 29.0. The van der Waals surface area contributed by atoms with E-state index in [1.54, 1.807) is 30.5 Å². The van der Waals surface area contributed by atoms with Crippen LogP contribution in [0.25, 0.3) is 10.9 Å². The van der Waals surface area contributed by atoms with Crippen LogP contribution in [0.2, 0.25) is 0 Å². The first kappa shape index (κ1) is 17.5. The standard InChI is InChI=1S/C23H17NO4/c25-17-12-10-16(11-13-17)23(27)28-22(15-6-2-1-3-7-15)21(26)19-14-24-20-9-5-4-8-18(19)20/h1-14,22,24-25H. The number of fused-ring (bicyclic) bond motifs is 1. The summed E-state index contributed by atoms with van der Waals surface area (Å²) in [6.45, 7) is 0. The first-order valence-electron chi connectivity index (χ1n) is 8.79. The number of aromatic hydroxyl groups is 1. The number of benzene rings is 3. The first-order chi connectivity index (χ1) is 13.6. The molecule has 138 valence electrons. The number of nitrogens with one attached hydrogen (secondary N) is 1. The number of carbonyl (C=O) groups excluding carboxylic acids is 2. The summed E-state index contributed by atoms with van der Waals surface area (Å²) >= 11 is 0. The van der Waals surface area contributed by atoms with E-state index in [9.17, 15) is 14.7 Å². The monoisotopic (exact) mass is 371 g/mol. The summed E-state index contributed by atoms with van der Waals surface area (Å²) in [6.07, 6.45) is 0.554. The molecule has 0 bridgehead atoms. The van der Waals surface area contributed by atoms with Gasteiger partial charge in [-0.2, -0.15) is 0 Å². The molecule has 1 aromatic heterocycles. The van der Waals surface area contributed by atoms with Gasteiger partial charge in [0, 0.05) is 28.2 Å². The smallest absolute Gasteiger partial charge is 0.339 e. The molecule has 0 aliphatic carbocycles. The van der Waals surface area contributed by atoms with Crippen molar-refractivity contribution >= 4 is 22.7 Å². The maximum absolute atomic E-state index is 13.3. The van der Waals surface area contributed by atoms with E-state index in [0.29, 0.717) is 11.1 Å². The quantitative estimate of drug-likeness (QED) is 0.395. The number of phenolic OH excluding ortho intramolecular Hbond substituents is 1. The second kappa shape index (κ2) is 7.40. The molecule has 0 radical (unpaired) electrons. The molecule has 5 nitrogen and oxygen atoms in total. The molecule has 4 rings (SSSR count). The minimum atomic E-state index is -1.08. The van der Waals surface area contributed by atoms with Crippen LogP contribution in [0.5, 0.6) is 5.75 Å². The van der Waals surface area contributed by atoms with Crippen LogP contribution in [0.4, 0.5) is 0 Å². The number of H-pyrrole nitrogens is 1. The van der Waals surface area contributed by atoms with Crippen molar-refractivity contribution in [3.8, 4) is 5.75 Å². The predicted molar refractivity (Wildman–Crippen MR) is 105 cm³/mol. The van der Waals surface area contributed by atoms with Gasteiger partial charge in [0.15, 0.2) is 6.10 Å². The molecule has 0 aliphatic rings. The van der Waals surface area contributed by atoms with Crippen LogP contribution >= 0.6 is 0 Å². The lowest BCUT2D eigenvalue weighted by atomic mass is 9.99. The van der Waals surface area contributed by atoms with Crippen molar-refractivity contribution in [1.29, 1.82) is 0 Å². The fraction of sp³-hybridized carbons (Fsp3) is 0.0435. The largest absolute Gasteiger partial charge is 0.508 e. The maximum atomic E-state index is 13.3. The van der Waals surface area contributed by atoms with E-state index in [1.807, 2.05) is 30.3 Å². The van der Waals surface area contributed by atoms with Crippen LogP contribution in [0, 0.1) is 0 Å². The first-order valence-corrected chi connectivity index (χ1v) is 8.79. The average Bonchev–Trinajstić information content (AvgIpc) is 3.17. The Bertz CT molecular complexity index is 1130. The molecular formula is C23H17NO4. The molecular weight excluding hydrogens is 354 g/mol. The van der Waals surface area contributed by atoms with Gasteiger partial charge in [-0.3, -0.25) is 4.79 Å². The van der Waals surface area contributed by atoms with Crippen LogP contribution < -0.4 is 0 Å². The number of phenols is 1. The van der Waals surface area contributed by atoms with Crippen LogP contribution in [-0.4, -0.2) is 21.8 Å². The van der Waals surface area contributed by atoms with Gasteiger partial charge >= 0.3 is 5.97 Å². The molecule has 4 aromatic rings. The highest BCUT2D eigenvalue weighted by molar-refractivity contribution is 6.11. The van der Waals surface area contributed by atoms with Gasteiger partial charge in [-0.15, -0.1) is 0 Å². The van der Waals surface area contributed by atoms with Gasteiger partial charge in [0.05, 0.1) is 5.56 Å². The summed E-state index contributed by atoms with van der Waals surface area (Å²) in [5, 5.41) is 10.2. The number of para-hydroxylation sites is 1. The molecule has 0 spiro atoms. The highest BCUT2D eigenvalue weighted by Gasteiger charge is 2.28. The van der Waals surface area contributed by atoms with E-state index >= 15 is 0 Å². The Morgan fingerprint density at radius 3 is 2.29 bits per heavy atom. The number of ketones is 1. The van der Waals surface area contributed by atoms with Crippen molar-refractivity contribution < 1.29 is 19.4 Å². The number of esters is 1. The van der Waals surface area contributed by atoms with Gasteiger partial charge < -0.3 is 14.8 Å². The number of carbonyl (C=O) groups is 2. The third-order valence-electron chi connectivity index (χ3n) is 4.52. The molecule has 0 saturated heterocycles. The molecule has 0 fully saturated rings. The molecule has 5 heteroatoms. The molecule has 1 heterocycles. The van der Waals surface area contributed by atoms with Gasteiger partial charge in [-0.25, -0.2) is 4.79 Å². The molecule has 0 saturated carbocycles. The van der Waals surface area contributed by atoms with Gasteiger partial charge in [0.25, 0.3) is 0 Å². The molecule has 3 aromatic carbocycles. The summed E-state index contributed by atoms with van der Waals surface area (Å²) in [7, 11) is 0. The van der Waals surface area contributed by atoms with E-state index in [1.165, 1.54) is 24.3 Å². The zero-order chi connectivity index (χ0) is 19.5. The molecule has 2 N–H and O–H groups in total. The second-order valence-electron chi connectivity index (χ2n) is 6.36. The second-order valence-corrected chi connectivity index (χ2v) is 6.36. The third-order valence-corrected chi connectivity index (χ3v) is 4.52. The fourth-order valence-electron chi connectivity index (χ4n) is 3.09. The summed E-state index contributed by atoms with van der Waals surface area (Å²) in [5.41, 5.74) is 2.14. The lowest BCUT2D eigenvalue weighted by Gasteiger charge is -2.17. The van der Waals surface area contributed by atoms with Gasteiger partial charge in [0.1, 0.15) is 5.75 Å². The zero-order valence-corrected chi connectivity index (χ0v) is 14.8. The Kier molecular flexibility index (Phi) is 4.64. The van der Waals surface area contributed by atoms with E-state index in [-0.39, 0.29) is 17.1 Å². The van der Waals surface area contributed by atoms with Gasteiger partial charge in [0.2, 0.25) is 5.78 Å². The number of ether oxygens (including phenoxy) is 1. The number of aromatic nitrogens is 1. The Hall–Kier alpha value is -3.86. The minimum absolute atomic E-state index is 0.0472.